The molecule has 3 nitrogen and oxygen atoms in total. The van der Waals surface area contributed by atoms with Crippen molar-refractivity contribution in [3.63, 3.8) is 0 Å². The number of thioether (sulfide) groups is 2. The second-order valence-corrected chi connectivity index (χ2v) is 6.62. The zero-order valence-corrected chi connectivity index (χ0v) is 13.5. The van der Waals surface area contributed by atoms with Crippen molar-refractivity contribution in [2.24, 2.45) is 0 Å². The van der Waals surface area contributed by atoms with Gasteiger partial charge in [-0.05, 0) is 30.4 Å². The van der Waals surface area contributed by atoms with Crippen LogP contribution in [-0.4, -0.2) is 40.8 Å². The quantitative estimate of drug-likeness (QED) is 0.440. The molecule has 1 aromatic rings. The number of amides is 1. The van der Waals surface area contributed by atoms with E-state index in [0.717, 1.165) is 22.0 Å². The lowest BCUT2D eigenvalue weighted by atomic mass is 10.1. The van der Waals surface area contributed by atoms with Crippen molar-refractivity contribution in [2.75, 3.05) is 23.7 Å². The van der Waals surface area contributed by atoms with E-state index in [0.29, 0.717) is 0 Å². The fraction of sp³-hybridized carbons (Fsp3) is 0.400. The van der Waals surface area contributed by atoms with E-state index in [1.807, 2.05) is 37.4 Å². The number of benzene rings is 1. The Morgan fingerprint density at radius 1 is 1.45 bits per heavy atom. The molecule has 0 aliphatic carbocycles. The molecule has 0 saturated carbocycles. The first-order chi connectivity index (χ1) is 9.67. The van der Waals surface area contributed by atoms with E-state index in [1.165, 1.54) is 6.08 Å². The molecule has 0 fully saturated rings. The molecule has 0 aromatic heterocycles. The van der Waals surface area contributed by atoms with Gasteiger partial charge in [0.2, 0.25) is 5.91 Å². The maximum Gasteiger partial charge on any atom is 0.244 e. The van der Waals surface area contributed by atoms with Crippen molar-refractivity contribution < 1.29 is 9.90 Å². The van der Waals surface area contributed by atoms with Crippen LogP contribution in [0.3, 0.4) is 0 Å². The Balaban J connectivity index is 2.47. The molecule has 0 aliphatic rings. The third kappa shape index (κ3) is 6.50. The molecule has 0 heterocycles. The minimum absolute atomic E-state index is 0.0364. The summed E-state index contributed by atoms with van der Waals surface area (Å²) < 4.78 is 0. The van der Waals surface area contributed by atoms with Crippen LogP contribution in [0.4, 0.5) is 0 Å². The molecule has 1 atom stereocenters. The minimum atomic E-state index is -0.193. The largest absolute Gasteiger partial charge is 0.394 e. The number of hydrogen-bond acceptors (Lipinski definition) is 4. The number of hydrogen-bond donors (Lipinski definition) is 2. The summed E-state index contributed by atoms with van der Waals surface area (Å²) in [6.45, 7) is 1.97. The van der Waals surface area contributed by atoms with Crippen LogP contribution in [0.2, 0.25) is 0 Å². The Morgan fingerprint density at radius 3 is 2.85 bits per heavy atom. The fourth-order valence-corrected chi connectivity index (χ4v) is 3.13. The highest BCUT2D eigenvalue weighted by atomic mass is 32.2. The highest BCUT2D eigenvalue weighted by Crippen LogP contribution is 2.10. The van der Waals surface area contributed by atoms with E-state index in [-0.39, 0.29) is 18.6 Å². The summed E-state index contributed by atoms with van der Waals surface area (Å²) in [6.07, 6.45) is 5.35. The van der Waals surface area contributed by atoms with Gasteiger partial charge in [0, 0.05) is 16.9 Å². The van der Waals surface area contributed by atoms with Crippen LogP contribution in [0.5, 0.6) is 0 Å². The lowest BCUT2D eigenvalue weighted by Gasteiger charge is -2.14. The normalized spacial score (nSPS) is 12.6. The first kappa shape index (κ1) is 17.1. The van der Waals surface area contributed by atoms with Gasteiger partial charge >= 0.3 is 0 Å². The molecule has 0 bridgehead atoms. The Bertz CT molecular complexity index is 449. The number of carbonyl (C=O) groups is 1. The first-order valence-electron chi connectivity index (χ1n) is 6.39. The third-order valence-corrected chi connectivity index (χ3v) is 4.94. The van der Waals surface area contributed by atoms with Crippen molar-refractivity contribution in [2.45, 2.75) is 13.0 Å². The first-order valence-corrected chi connectivity index (χ1v) is 8.94. The van der Waals surface area contributed by atoms with Gasteiger partial charge in [-0.15, -0.1) is 11.8 Å². The topological polar surface area (TPSA) is 49.3 Å². The smallest absolute Gasteiger partial charge is 0.244 e. The maximum absolute atomic E-state index is 11.8. The Morgan fingerprint density at radius 2 is 2.20 bits per heavy atom. The molecule has 0 aliphatic heterocycles. The van der Waals surface area contributed by atoms with E-state index in [9.17, 15) is 9.90 Å². The predicted molar refractivity (Wildman–Crippen MR) is 90.1 cm³/mol. The monoisotopic (exact) mass is 311 g/mol. The Hall–Kier alpha value is -0.910. The summed E-state index contributed by atoms with van der Waals surface area (Å²) in [6, 6.07) is 7.70. The van der Waals surface area contributed by atoms with Gasteiger partial charge in [-0.3, -0.25) is 4.79 Å². The van der Waals surface area contributed by atoms with Crippen molar-refractivity contribution in [3.8, 4) is 0 Å². The SMILES string of the molecule is CSCSCC(CO)NC(=O)/C=C/c1ccccc1C. The van der Waals surface area contributed by atoms with Crippen molar-refractivity contribution in [3.05, 3.63) is 41.5 Å². The predicted octanol–water partition coefficient (Wildman–Crippen LogP) is 2.54. The summed E-state index contributed by atoms with van der Waals surface area (Å²) in [5.41, 5.74) is 2.16. The molecule has 0 spiro atoms. The van der Waals surface area contributed by atoms with E-state index in [2.05, 4.69) is 5.32 Å². The molecule has 0 saturated heterocycles. The number of aliphatic hydroxyl groups excluding tert-OH is 1. The average Bonchev–Trinajstić information content (AvgIpc) is 2.45. The molecular weight excluding hydrogens is 290 g/mol. The third-order valence-electron chi connectivity index (χ3n) is 2.69. The van der Waals surface area contributed by atoms with Gasteiger partial charge in [0.15, 0.2) is 0 Å². The fourth-order valence-electron chi connectivity index (χ4n) is 1.60. The number of aliphatic hydroxyl groups is 1. The Labute approximate surface area is 129 Å². The lowest BCUT2D eigenvalue weighted by molar-refractivity contribution is -0.117. The van der Waals surface area contributed by atoms with Crippen LogP contribution in [0.1, 0.15) is 11.1 Å². The van der Waals surface area contributed by atoms with Crippen LogP contribution < -0.4 is 5.32 Å². The summed E-state index contributed by atoms with van der Waals surface area (Å²) >= 11 is 3.45. The van der Waals surface area contributed by atoms with Crippen molar-refractivity contribution >= 4 is 35.5 Å². The van der Waals surface area contributed by atoms with Crippen LogP contribution >= 0.6 is 23.5 Å². The number of aryl methyl sites for hydroxylation is 1. The van der Waals surface area contributed by atoms with Crippen molar-refractivity contribution in [1.29, 1.82) is 0 Å². The molecule has 2 N–H and O–H groups in total. The highest BCUT2D eigenvalue weighted by molar-refractivity contribution is 8.15. The van der Waals surface area contributed by atoms with Gasteiger partial charge in [-0.1, -0.05) is 24.3 Å². The maximum atomic E-state index is 11.8. The average molecular weight is 311 g/mol. The highest BCUT2D eigenvalue weighted by Gasteiger charge is 2.09. The number of carbonyl (C=O) groups excluding carboxylic acids is 1. The van der Waals surface area contributed by atoms with Gasteiger partial charge in [-0.2, -0.15) is 11.8 Å². The summed E-state index contributed by atoms with van der Waals surface area (Å²) in [7, 11) is 0. The standard InChI is InChI=1S/C15H21NO2S2/c1-12-5-3-4-6-13(12)7-8-15(18)16-14(9-17)10-20-11-19-2/h3-8,14,17H,9-11H2,1-2H3,(H,16,18)/b8-7+. The molecular formula is C15H21NO2S2. The van der Waals surface area contributed by atoms with Crippen molar-refractivity contribution in [1.82, 2.24) is 5.32 Å². The molecule has 1 amide bonds. The van der Waals surface area contributed by atoms with E-state index < -0.39 is 0 Å². The van der Waals surface area contributed by atoms with E-state index in [1.54, 1.807) is 29.6 Å². The molecule has 110 valence electrons. The summed E-state index contributed by atoms with van der Waals surface area (Å²) in [4.78, 5) is 11.8. The minimum Gasteiger partial charge on any atom is -0.394 e. The number of nitrogens with one attached hydrogen (secondary N) is 1. The van der Waals surface area contributed by atoms with Crippen LogP contribution in [0, 0.1) is 6.92 Å². The molecule has 1 unspecified atom stereocenters. The molecule has 1 rings (SSSR count). The second kappa shape index (κ2) is 9.91. The zero-order chi connectivity index (χ0) is 14.8. The van der Waals surface area contributed by atoms with Gasteiger partial charge < -0.3 is 10.4 Å². The molecule has 5 heteroatoms. The summed E-state index contributed by atoms with van der Waals surface area (Å²) in [5, 5.41) is 13.0. The van der Waals surface area contributed by atoms with Crippen LogP contribution in [-0.2, 0) is 4.79 Å². The van der Waals surface area contributed by atoms with E-state index >= 15 is 0 Å². The van der Waals surface area contributed by atoms with Gasteiger partial charge in [-0.25, -0.2) is 0 Å². The number of rotatable bonds is 8. The van der Waals surface area contributed by atoms with Crippen LogP contribution in [0.15, 0.2) is 30.3 Å². The Kier molecular flexibility index (Phi) is 8.49. The van der Waals surface area contributed by atoms with E-state index in [4.69, 9.17) is 0 Å². The molecule has 0 radical (unpaired) electrons. The van der Waals surface area contributed by atoms with Crippen LogP contribution in [0.25, 0.3) is 6.08 Å². The summed E-state index contributed by atoms with van der Waals surface area (Å²) in [5.74, 6) is 0.554. The zero-order valence-electron chi connectivity index (χ0n) is 11.8. The van der Waals surface area contributed by atoms with Gasteiger partial charge in [0.1, 0.15) is 0 Å². The van der Waals surface area contributed by atoms with Gasteiger partial charge in [0.05, 0.1) is 12.6 Å². The molecule has 1 aromatic carbocycles. The second-order valence-electron chi connectivity index (χ2n) is 4.36. The van der Waals surface area contributed by atoms with Gasteiger partial charge in [0.25, 0.3) is 0 Å². The molecule has 20 heavy (non-hydrogen) atoms. The lowest BCUT2D eigenvalue weighted by Crippen LogP contribution is -2.38.